The lowest BCUT2D eigenvalue weighted by Gasteiger charge is -2.01. The smallest absolute Gasteiger partial charge is 0.225 e. The Hall–Kier alpha value is -1.36. The van der Waals surface area contributed by atoms with Gasteiger partial charge in [-0.3, -0.25) is 0 Å². The minimum absolute atomic E-state index is 0.290. The Morgan fingerprint density at radius 3 is 2.81 bits per heavy atom. The van der Waals surface area contributed by atoms with Crippen LogP contribution in [0.5, 0.6) is 0 Å². The van der Waals surface area contributed by atoms with Gasteiger partial charge in [-0.25, -0.2) is 4.39 Å². The third-order valence-electron chi connectivity index (χ3n) is 2.31. The van der Waals surface area contributed by atoms with Gasteiger partial charge in [0, 0.05) is 15.6 Å². The van der Waals surface area contributed by atoms with E-state index in [2.05, 4.69) is 21.1 Å². The number of nitrogens with two attached hydrogens (primary N) is 1. The van der Waals surface area contributed by atoms with Gasteiger partial charge in [0.2, 0.25) is 5.88 Å². The first kappa shape index (κ1) is 11.1. The van der Waals surface area contributed by atoms with Crippen molar-refractivity contribution in [3.63, 3.8) is 0 Å². The molecule has 0 fully saturated rings. The van der Waals surface area contributed by atoms with Crippen LogP contribution in [0.3, 0.4) is 0 Å². The Morgan fingerprint density at radius 2 is 2.19 bits per heavy atom. The number of hydrogen-bond donors (Lipinski definition) is 1. The lowest BCUT2D eigenvalue weighted by Crippen LogP contribution is -1.90. The van der Waals surface area contributed by atoms with Crippen LogP contribution in [-0.4, -0.2) is 5.16 Å². The van der Waals surface area contributed by atoms with E-state index in [1.807, 2.05) is 6.92 Å². The third kappa shape index (κ3) is 1.95. The first-order chi connectivity index (χ1) is 7.61. The predicted molar refractivity (Wildman–Crippen MR) is 63.4 cm³/mol. The Balaban J connectivity index is 2.58. The molecular weight excluding hydrogens is 275 g/mol. The molecule has 84 valence electrons. The second-order valence-electron chi connectivity index (χ2n) is 3.39. The van der Waals surface area contributed by atoms with Gasteiger partial charge in [0.1, 0.15) is 11.5 Å². The lowest BCUT2D eigenvalue weighted by atomic mass is 10.1. The average molecular weight is 285 g/mol. The monoisotopic (exact) mass is 284 g/mol. The van der Waals surface area contributed by atoms with Crippen molar-refractivity contribution in [1.82, 2.24) is 5.16 Å². The van der Waals surface area contributed by atoms with Crippen LogP contribution in [0.25, 0.3) is 11.3 Å². The summed E-state index contributed by atoms with van der Waals surface area (Å²) in [4.78, 5) is 0. The van der Waals surface area contributed by atoms with Gasteiger partial charge < -0.3 is 10.3 Å². The molecule has 16 heavy (non-hydrogen) atoms. The van der Waals surface area contributed by atoms with Gasteiger partial charge in [-0.1, -0.05) is 28.0 Å². The molecule has 0 aliphatic carbocycles. The second-order valence-corrected chi connectivity index (χ2v) is 4.30. The highest BCUT2D eigenvalue weighted by Gasteiger charge is 2.14. The normalized spacial score (nSPS) is 10.7. The number of nitrogen functional groups attached to an aromatic ring is 1. The quantitative estimate of drug-likeness (QED) is 0.920. The van der Waals surface area contributed by atoms with Crippen LogP contribution < -0.4 is 5.73 Å². The molecule has 0 radical (unpaired) electrons. The highest BCUT2D eigenvalue weighted by molar-refractivity contribution is 9.10. The van der Waals surface area contributed by atoms with E-state index >= 15 is 0 Å². The number of hydrogen-bond acceptors (Lipinski definition) is 3. The van der Waals surface area contributed by atoms with Gasteiger partial charge in [0.25, 0.3) is 0 Å². The van der Waals surface area contributed by atoms with Crippen LogP contribution in [0, 0.1) is 5.82 Å². The standard InChI is InChI=1S/C11H10BrFN2O/c1-2-9-10(15-16-11(9)14)6-3-7(12)5-8(13)4-6/h3-5H,2,14H2,1H3. The van der Waals surface area contributed by atoms with E-state index in [1.165, 1.54) is 12.1 Å². The minimum Gasteiger partial charge on any atom is -0.367 e. The topological polar surface area (TPSA) is 52.0 Å². The van der Waals surface area contributed by atoms with Crippen molar-refractivity contribution in [2.45, 2.75) is 13.3 Å². The Labute approximate surface area is 101 Å². The highest BCUT2D eigenvalue weighted by atomic mass is 79.9. The molecule has 0 spiro atoms. The minimum atomic E-state index is -0.326. The van der Waals surface area contributed by atoms with Crippen molar-refractivity contribution in [2.24, 2.45) is 0 Å². The molecule has 0 aliphatic rings. The number of halogens is 2. The number of aromatic nitrogens is 1. The van der Waals surface area contributed by atoms with E-state index in [1.54, 1.807) is 6.07 Å². The molecule has 2 aromatic rings. The molecule has 1 aromatic heterocycles. The van der Waals surface area contributed by atoms with Gasteiger partial charge in [0.05, 0.1) is 0 Å². The number of nitrogens with zero attached hydrogens (tertiary/aromatic N) is 1. The predicted octanol–water partition coefficient (Wildman–Crippen LogP) is 3.39. The fourth-order valence-corrected chi connectivity index (χ4v) is 2.05. The Kier molecular flexibility index (Phi) is 2.96. The number of anilines is 1. The van der Waals surface area contributed by atoms with Gasteiger partial charge in [0.15, 0.2) is 0 Å². The van der Waals surface area contributed by atoms with E-state index in [9.17, 15) is 4.39 Å². The van der Waals surface area contributed by atoms with Crippen molar-refractivity contribution in [3.8, 4) is 11.3 Å². The first-order valence-corrected chi connectivity index (χ1v) is 5.61. The molecule has 0 aliphatic heterocycles. The van der Waals surface area contributed by atoms with E-state index in [0.717, 1.165) is 5.56 Å². The Morgan fingerprint density at radius 1 is 1.44 bits per heavy atom. The zero-order valence-corrected chi connectivity index (χ0v) is 10.2. The molecular formula is C11H10BrFN2O. The maximum Gasteiger partial charge on any atom is 0.225 e. The first-order valence-electron chi connectivity index (χ1n) is 4.82. The van der Waals surface area contributed by atoms with Crippen molar-refractivity contribution in [1.29, 1.82) is 0 Å². The SMILES string of the molecule is CCc1c(-c2cc(F)cc(Br)c2)noc1N. The molecule has 1 aromatic carbocycles. The van der Waals surface area contributed by atoms with Gasteiger partial charge in [-0.05, 0) is 24.6 Å². The van der Waals surface area contributed by atoms with Crippen LogP contribution >= 0.6 is 15.9 Å². The summed E-state index contributed by atoms with van der Waals surface area (Å²) in [6, 6.07) is 4.57. The van der Waals surface area contributed by atoms with Crippen LogP contribution in [-0.2, 0) is 6.42 Å². The van der Waals surface area contributed by atoms with Crippen molar-refractivity contribution in [2.75, 3.05) is 5.73 Å². The third-order valence-corrected chi connectivity index (χ3v) is 2.77. The molecule has 0 saturated heterocycles. The summed E-state index contributed by atoms with van der Waals surface area (Å²) in [6.07, 6.45) is 0.693. The van der Waals surface area contributed by atoms with Crippen molar-refractivity contribution < 1.29 is 8.91 Å². The Bertz CT molecular complexity index is 504. The highest BCUT2D eigenvalue weighted by Crippen LogP contribution is 2.29. The fourth-order valence-electron chi connectivity index (χ4n) is 1.58. The molecule has 5 heteroatoms. The summed E-state index contributed by atoms with van der Waals surface area (Å²) in [5.74, 6) is -0.0362. The number of rotatable bonds is 2. The summed E-state index contributed by atoms with van der Waals surface area (Å²) in [7, 11) is 0. The molecule has 0 bridgehead atoms. The van der Waals surface area contributed by atoms with E-state index in [-0.39, 0.29) is 11.7 Å². The molecule has 0 unspecified atom stereocenters. The van der Waals surface area contributed by atoms with Crippen molar-refractivity contribution >= 4 is 21.8 Å². The summed E-state index contributed by atoms with van der Waals surface area (Å²) >= 11 is 3.23. The maximum atomic E-state index is 13.2. The number of benzene rings is 1. The molecule has 3 nitrogen and oxygen atoms in total. The van der Waals surface area contributed by atoms with E-state index in [4.69, 9.17) is 10.3 Å². The van der Waals surface area contributed by atoms with Gasteiger partial charge >= 0.3 is 0 Å². The summed E-state index contributed by atoms with van der Waals surface area (Å²) in [5, 5.41) is 3.85. The zero-order valence-electron chi connectivity index (χ0n) is 8.63. The fraction of sp³-hybridized carbons (Fsp3) is 0.182. The summed E-state index contributed by atoms with van der Waals surface area (Å²) in [5.41, 5.74) is 7.69. The zero-order chi connectivity index (χ0) is 11.7. The molecule has 0 amide bonds. The van der Waals surface area contributed by atoms with Crippen LogP contribution in [0.1, 0.15) is 12.5 Å². The van der Waals surface area contributed by atoms with Crippen LogP contribution in [0.4, 0.5) is 10.3 Å². The van der Waals surface area contributed by atoms with Crippen LogP contribution in [0.2, 0.25) is 0 Å². The lowest BCUT2D eigenvalue weighted by molar-refractivity contribution is 0.438. The van der Waals surface area contributed by atoms with Gasteiger partial charge in [-0.2, -0.15) is 0 Å². The largest absolute Gasteiger partial charge is 0.367 e. The van der Waals surface area contributed by atoms with Crippen molar-refractivity contribution in [3.05, 3.63) is 34.1 Å². The molecule has 2 rings (SSSR count). The van der Waals surface area contributed by atoms with E-state index < -0.39 is 0 Å². The van der Waals surface area contributed by atoms with E-state index in [0.29, 0.717) is 22.2 Å². The second kappa shape index (κ2) is 4.25. The summed E-state index contributed by atoms with van der Waals surface area (Å²) in [6.45, 7) is 1.95. The summed E-state index contributed by atoms with van der Waals surface area (Å²) < 4.78 is 18.8. The average Bonchev–Trinajstić information content (AvgIpc) is 2.58. The molecule has 2 N–H and O–H groups in total. The van der Waals surface area contributed by atoms with Gasteiger partial charge in [-0.15, -0.1) is 0 Å². The molecule has 1 heterocycles. The van der Waals surface area contributed by atoms with Crippen LogP contribution in [0.15, 0.2) is 27.2 Å². The molecule has 0 saturated carbocycles. The molecule has 0 atom stereocenters. The maximum absolute atomic E-state index is 13.2.